The number of phenols is 2. The van der Waals surface area contributed by atoms with E-state index in [-0.39, 0.29) is 18.1 Å². The Kier molecular flexibility index (Phi) is 2.33. The van der Waals surface area contributed by atoms with Gasteiger partial charge in [-0.2, -0.15) is 0 Å². The highest BCUT2D eigenvalue weighted by molar-refractivity contribution is 5.44. The number of benzene rings is 1. The molecule has 0 unspecified atom stereocenters. The van der Waals surface area contributed by atoms with Crippen molar-refractivity contribution in [3.05, 3.63) is 23.8 Å². The van der Waals surface area contributed by atoms with Crippen LogP contribution >= 0.6 is 0 Å². The maximum Gasteiger partial charge on any atom is 0.160 e. The van der Waals surface area contributed by atoms with Crippen molar-refractivity contribution in [1.82, 2.24) is 0 Å². The normalized spacial score (nSPS) is 9.91. The summed E-state index contributed by atoms with van der Waals surface area (Å²) in [7, 11) is 0. The third-order valence-corrected chi connectivity index (χ3v) is 1.48. The molecule has 0 heterocycles. The summed E-state index contributed by atoms with van der Waals surface area (Å²) in [5, 5.41) is 26.7. The predicted octanol–water partition coefficient (Wildman–Crippen LogP) is 0.633. The molecule has 0 aliphatic carbocycles. The van der Waals surface area contributed by atoms with Crippen LogP contribution in [-0.2, 0) is 6.42 Å². The van der Waals surface area contributed by atoms with Gasteiger partial charge in [0.15, 0.2) is 11.5 Å². The Balaban J connectivity index is 2.96. The highest BCUT2D eigenvalue weighted by Gasteiger charge is 2.03. The molecule has 0 amide bonds. The largest absolute Gasteiger partial charge is 0.504 e. The van der Waals surface area contributed by atoms with Gasteiger partial charge in [-0.05, 0) is 12.5 Å². The lowest BCUT2D eigenvalue weighted by molar-refractivity contribution is 0.296. The van der Waals surface area contributed by atoms with Gasteiger partial charge in [-0.25, -0.2) is 0 Å². The van der Waals surface area contributed by atoms with Crippen LogP contribution in [0.1, 0.15) is 5.56 Å². The lowest BCUT2D eigenvalue weighted by Crippen LogP contribution is -1.90. The van der Waals surface area contributed by atoms with Crippen LogP contribution in [0, 0.1) is 0 Å². The van der Waals surface area contributed by atoms with Crippen molar-refractivity contribution in [3.8, 4) is 11.5 Å². The summed E-state index contributed by atoms with van der Waals surface area (Å²) >= 11 is 0. The first-order chi connectivity index (χ1) is 5.25. The molecule has 1 aromatic carbocycles. The summed E-state index contributed by atoms with van der Waals surface area (Å²) < 4.78 is 0. The van der Waals surface area contributed by atoms with Crippen LogP contribution in [-0.4, -0.2) is 21.9 Å². The fourth-order valence-corrected chi connectivity index (χ4v) is 0.900. The van der Waals surface area contributed by atoms with Crippen molar-refractivity contribution in [2.45, 2.75) is 6.42 Å². The second kappa shape index (κ2) is 3.25. The number of para-hydroxylation sites is 1. The molecule has 0 fully saturated rings. The Bertz CT molecular complexity index is 245. The highest BCUT2D eigenvalue weighted by Crippen LogP contribution is 2.27. The van der Waals surface area contributed by atoms with E-state index in [1.54, 1.807) is 12.1 Å². The Hall–Kier alpha value is -1.22. The summed E-state index contributed by atoms with van der Waals surface area (Å²) in [6, 6.07) is 4.68. The minimum absolute atomic E-state index is 0.0307. The summed E-state index contributed by atoms with van der Waals surface area (Å²) in [5.41, 5.74) is 0.563. The van der Waals surface area contributed by atoms with Gasteiger partial charge in [0, 0.05) is 12.2 Å². The Morgan fingerprint density at radius 2 is 1.91 bits per heavy atom. The molecule has 0 spiro atoms. The number of aliphatic hydroxyl groups excluding tert-OH is 1. The van der Waals surface area contributed by atoms with Crippen LogP contribution in [0.5, 0.6) is 11.5 Å². The van der Waals surface area contributed by atoms with E-state index < -0.39 is 0 Å². The van der Waals surface area contributed by atoms with E-state index in [0.717, 1.165) is 0 Å². The van der Waals surface area contributed by atoms with Gasteiger partial charge in [0.2, 0.25) is 0 Å². The van der Waals surface area contributed by atoms with E-state index in [9.17, 15) is 0 Å². The molecule has 0 aliphatic heterocycles. The van der Waals surface area contributed by atoms with E-state index in [0.29, 0.717) is 12.0 Å². The molecule has 0 aliphatic rings. The third-order valence-electron chi connectivity index (χ3n) is 1.48. The third kappa shape index (κ3) is 1.62. The molecule has 0 bridgehead atoms. The van der Waals surface area contributed by atoms with E-state index in [2.05, 4.69) is 0 Å². The van der Waals surface area contributed by atoms with Crippen molar-refractivity contribution in [2.75, 3.05) is 6.61 Å². The minimum Gasteiger partial charge on any atom is -0.504 e. The molecule has 1 rings (SSSR count). The highest BCUT2D eigenvalue weighted by atomic mass is 16.3. The fourth-order valence-electron chi connectivity index (χ4n) is 0.900. The fraction of sp³-hybridized carbons (Fsp3) is 0.250. The second-order valence-corrected chi connectivity index (χ2v) is 2.26. The van der Waals surface area contributed by atoms with Crippen molar-refractivity contribution in [3.63, 3.8) is 0 Å². The van der Waals surface area contributed by atoms with Crippen molar-refractivity contribution in [2.24, 2.45) is 0 Å². The number of hydrogen-bond donors (Lipinski definition) is 3. The van der Waals surface area contributed by atoms with Crippen LogP contribution in [0.15, 0.2) is 18.2 Å². The van der Waals surface area contributed by atoms with Gasteiger partial charge >= 0.3 is 0 Å². The van der Waals surface area contributed by atoms with Crippen LogP contribution < -0.4 is 0 Å². The van der Waals surface area contributed by atoms with Crippen molar-refractivity contribution < 1.29 is 15.3 Å². The quantitative estimate of drug-likeness (QED) is 0.547. The Labute approximate surface area is 64.5 Å². The topological polar surface area (TPSA) is 60.7 Å². The Morgan fingerprint density at radius 3 is 2.55 bits per heavy atom. The smallest absolute Gasteiger partial charge is 0.160 e. The summed E-state index contributed by atoms with van der Waals surface area (Å²) in [5.74, 6) is -0.280. The molecular weight excluding hydrogens is 144 g/mol. The number of hydrogen-bond acceptors (Lipinski definition) is 3. The molecule has 60 valence electrons. The van der Waals surface area contributed by atoms with Crippen LogP contribution in [0.25, 0.3) is 0 Å². The SMILES string of the molecule is OCCc1cccc(O)c1O. The first kappa shape index (κ1) is 7.88. The molecule has 0 atom stereocenters. The van der Waals surface area contributed by atoms with Gasteiger partial charge < -0.3 is 15.3 Å². The second-order valence-electron chi connectivity index (χ2n) is 2.26. The number of phenolic OH excluding ortho intramolecular Hbond substituents is 2. The van der Waals surface area contributed by atoms with Crippen molar-refractivity contribution in [1.29, 1.82) is 0 Å². The maximum absolute atomic E-state index is 9.17. The Morgan fingerprint density at radius 1 is 1.18 bits per heavy atom. The van der Waals surface area contributed by atoms with Crippen LogP contribution in [0.4, 0.5) is 0 Å². The van der Waals surface area contributed by atoms with E-state index >= 15 is 0 Å². The average Bonchev–Trinajstić information content (AvgIpc) is 1.99. The molecule has 0 radical (unpaired) electrons. The van der Waals surface area contributed by atoms with Crippen LogP contribution in [0.2, 0.25) is 0 Å². The molecule has 0 aromatic heterocycles. The zero-order valence-corrected chi connectivity index (χ0v) is 5.99. The lowest BCUT2D eigenvalue weighted by Gasteiger charge is -2.02. The van der Waals surface area contributed by atoms with Gasteiger partial charge in [0.05, 0.1) is 0 Å². The number of aromatic hydroxyl groups is 2. The molecular formula is C8H10O3. The zero-order valence-electron chi connectivity index (χ0n) is 5.99. The summed E-state index contributed by atoms with van der Waals surface area (Å²) in [6.07, 6.45) is 0.361. The van der Waals surface area contributed by atoms with Crippen molar-refractivity contribution >= 4 is 0 Å². The first-order valence-electron chi connectivity index (χ1n) is 3.36. The molecule has 3 nitrogen and oxygen atoms in total. The summed E-state index contributed by atoms with van der Waals surface area (Å²) in [6.45, 7) is -0.0307. The van der Waals surface area contributed by atoms with E-state index in [1.165, 1.54) is 6.07 Å². The molecule has 0 saturated carbocycles. The monoisotopic (exact) mass is 154 g/mol. The van der Waals surface area contributed by atoms with Crippen LogP contribution in [0.3, 0.4) is 0 Å². The number of rotatable bonds is 2. The van der Waals surface area contributed by atoms with Gasteiger partial charge in [-0.15, -0.1) is 0 Å². The van der Waals surface area contributed by atoms with E-state index in [4.69, 9.17) is 15.3 Å². The number of aliphatic hydroxyl groups is 1. The summed E-state index contributed by atoms with van der Waals surface area (Å²) in [4.78, 5) is 0. The molecule has 3 N–H and O–H groups in total. The zero-order chi connectivity index (χ0) is 8.27. The molecule has 3 heteroatoms. The molecule has 0 saturated heterocycles. The van der Waals surface area contributed by atoms with Gasteiger partial charge in [0.25, 0.3) is 0 Å². The average molecular weight is 154 g/mol. The van der Waals surface area contributed by atoms with Gasteiger partial charge in [-0.3, -0.25) is 0 Å². The molecule has 1 aromatic rings. The maximum atomic E-state index is 9.17. The minimum atomic E-state index is -0.143. The van der Waals surface area contributed by atoms with Gasteiger partial charge in [-0.1, -0.05) is 12.1 Å². The predicted molar refractivity (Wildman–Crippen MR) is 40.6 cm³/mol. The molecule has 11 heavy (non-hydrogen) atoms. The van der Waals surface area contributed by atoms with Gasteiger partial charge in [0.1, 0.15) is 0 Å². The first-order valence-corrected chi connectivity index (χ1v) is 3.36. The lowest BCUT2D eigenvalue weighted by atomic mass is 10.1. The standard InChI is InChI=1S/C8H10O3/c9-5-4-6-2-1-3-7(10)8(6)11/h1-3,9-11H,4-5H2. The van der Waals surface area contributed by atoms with E-state index in [1.807, 2.05) is 0 Å².